The van der Waals surface area contributed by atoms with Gasteiger partial charge in [0, 0.05) is 5.56 Å². The molecule has 2 N–H and O–H groups in total. The Hall–Kier alpha value is -2.12. The van der Waals surface area contributed by atoms with Gasteiger partial charge in [-0.3, -0.25) is 14.5 Å². The number of benzene rings is 1. The van der Waals surface area contributed by atoms with Gasteiger partial charge >= 0.3 is 0 Å². The maximum absolute atomic E-state index is 12.4. The summed E-state index contributed by atoms with van der Waals surface area (Å²) in [5.74, 6) is 5.37. The smallest absolute Gasteiger partial charge is 0.237 e. The predicted molar refractivity (Wildman–Crippen MR) is 75.7 cm³/mol. The molecule has 102 valence electrons. The van der Waals surface area contributed by atoms with Crippen LogP contribution in [-0.4, -0.2) is 18.4 Å². The standard InChI is InChI=1S/C16H16N2O2/c17-9-3-5-11-4-1-6-12(10-11)18-15(19)13-7-2-8-14(13)16(18)20/h1,4,6,10,13-14H,2,7-9,17H2. The number of nitrogens with zero attached hydrogens (tertiary/aromatic N) is 1. The van der Waals surface area contributed by atoms with Gasteiger partial charge in [-0.25, -0.2) is 0 Å². The number of fused-ring (bicyclic) bond motifs is 1. The van der Waals surface area contributed by atoms with Crippen LogP contribution in [0.1, 0.15) is 24.8 Å². The van der Waals surface area contributed by atoms with Crippen molar-refractivity contribution < 1.29 is 9.59 Å². The molecule has 2 amide bonds. The molecular weight excluding hydrogens is 252 g/mol. The minimum atomic E-state index is -0.110. The molecule has 0 aromatic heterocycles. The van der Waals surface area contributed by atoms with E-state index < -0.39 is 0 Å². The molecule has 0 radical (unpaired) electrons. The first kappa shape index (κ1) is 12.9. The summed E-state index contributed by atoms with van der Waals surface area (Å²) in [6, 6.07) is 7.21. The lowest BCUT2D eigenvalue weighted by molar-refractivity contribution is -0.122. The molecule has 1 aromatic carbocycles. The number of amides is 2. The summed E-state index contributed by atoms with van der Waals surface area (Å²) in [5.41, 5.74) is 6.74. The molecule has 2 atom stereocenters. The van der Waals surface area contributed by atoms with Gasteiger partial charge in [-0.15, -0.1) is 0 Å². The number of carbonyl (C=O) groups excluding carboxylic acids is 2. The Kier molecular flexibility index (Phi) is 3.29. The number of hydrogen-bond acceptors (Lipinski definition) is 3. The highest BCUT2D eigenvalue weighted by atomic mass is 16.2. The summed E-state index contributed by atoms with van der Waals surface area (Å²) < 4.78 is 0. The van der Waals surface area contributed by atoms with Gasteiger partial charge in [-0.2, -0.15) is 0 Å². The zero-order valence-electron chi connectivity index (χ0n) is 11.1. The van der Waals surface area contributed by atoms with Crippen LogP contribution in [0, 0.1) is 23.7 Å². The van der Waals surface area contributed by atoms with Crippen molar-refractivity contribution in [3.63, 3.8) is 0 Å². The molecule has 1 saturated carbocycles. The first-order valence-electron chi connectivity index (χ1n) is 6.89. The van der Waals surface area contributed by atoms with Crippen molar-refractivity contribution in [2.45, 2.75) is 19.3 Å². The Bertz CT molecular complexity index is 605. The van der Waals surface area contributed by atoms with Crippen molar-refractivity contribution in [2.75, 3.05) is 11.4 Å². The van der Waals surface area contributed by atoms with E-state index in [1.54, 1.807) is 12.1 Å². The van der Waals surface area contributed by atoms with Crippen LogP contribution in [0.5, 0.6) is 0 Å². The van der Waals surface area contributed by atoms with E-state index >= 15 is 0 Å². The normalized spacial score (nSPS) is 24.6. The summed E-state index contributed by atoms with van der Waals surface area (Å²) >= 11 is 0. The van der Waals surface area contributed by atoms with Gasteiger partial charge in [0.1, 0.15) is 0 Å². The maximum atomic E-state index is 12.4. The molecule has 20 heavy (non-hydrogen) atoms. The molecule has 0 bridgehead atoms. The number of rotatable bonds is 1. The van der Waals surface area contributed by atoms with Crippen molar-refractivity contribution in [3.8, 4) is 11.8 Å². The third-order valence-corrected chi connectivity index (χ3v) is 4.03. The van der Waals surface area contributed by atoms with E-state index in [-0.39, 0.29) is 30.2 Å². The Morgan fingerprint density at radius 3 is 2.55 bits per heavy atom. The molecule has 2 unspecified atom stereocenters. The molecule has 1 aliphatic carbocycles. The van der Waals surface area contributed by atoms with Gasteiger partial charge in [0.25, 0.3) is 0 Å². The van der Waals surface area contributed by atoms with E-state index in [0.717, 1.165) is 24.8 Å². The Balaban J connectivity index is 1.93. The first-order valence-corrected chi connectivity index (χ1v) is 6.89. The van der Waals surface area contributed by atoms with Crippen molar-refractivity contribution in [3.05, 3.63) is 29.8 Å². The van der Waals surface area contributed by atoms with Crippen LogP contribution in [0.3, 0.4) is 0 Å². The van der Waals surface area contributed by atoms with E-state index in [4.69, 9.17) is 5.73 Å². The second-order valence-electron chi connectivity index (χ2n) is 5.21. The summed E-state index contributed by atoms with van der Waals surface area (Å²) in [6.45, 7) is 0.288. The highest BCUT2D eigenvalue weighted by molar-refractivity contribution is 6.22. The number of hydrogen-bond donors (Lipinski definition) is 1. The Labute approximate surface area is 117 Å². The Morgan fingerprint density at radius 1 is 1.20 bits per heavy atom. The van der Waals surface area contributed by atoms with Crippen LogP contribution in [0.2, 0.25) is 0 Å². The summed E-state index contributed by atoms with van der Waals surface area (Å²) in [5, 5.41) is 0. The van der Waals surface area contributed by atoms with E-state index in [0.29, 0.717) is 5.69 Å². The van der Waals surface area contributed by atoms with Gasteiger partial charge in [0.05, 0.1) is 24.1 Å². The molecule has 2 aliphatic rings. The fourth-order valence-electron chi connectivity index (χ4n) is 3.12. The predicted octanol–water partition coefficient (Wildman–Crippen LogP) is 1.29. The second-order valence-corrected chi connectivity index (χ2v) is 5.21. The lowest BCUT2D eigenvalue weighted by Gasteiger charge is -2.16. The molecule has 1 aromatic rings. The van der Waals surface area contributed by atoms with Crippen LogP contribution >= 0.6 is 0 Å². The number of imide groups is 1. The highest BCUT2D eigenvalue weighted by Gasteiger charge is 2.50. The average molecular weight is 268 g/mol. The lowest BCUT2D eigenvalue weighted by Crippen LogP contribution is -2.31. The molecule has 1 heterocycles. The fraction of sp³-hybridized carbons (Fsp3) is 0.375. The van der Waals surface area contributed by atoms with E-state index in [9.17, 15) is 9.59 Å². The molecular formula is C16H16N2O2. The Morgan fingerprint density at radius 2 is 1.90 bits per heavy atom. The lowest BCUT2D eigenvalue weighted by atomic mass is 10.00. The first-order chi connectivity index (χ1) is 9.72. The topological polar surface area (TPSA) is 63.4 Å². The van der Waals surface area contributed by atoms with E-state index in [1.807, 2.05) is 12.1 Å². The van der Waals surface area contributed by atoms with E-state index in [2.05, 4.69) is 11.8 Å². The van der Waals surface area contributed by atoms with Gasteiger partial charge in [0.2, 0.25) is 11.8 Å². The van der Waals surface area contributed by atoms with Crippen molar-refractivity contribution in [1.82, 2.24) is 0 Å². The summed E-state index contributed by atoms with van der Waals surface area (Å²) in [4.78, 5) is 26.1. The minimum absolute atomic E-state index is 0.0542. The zero-order chi connectivity index (χ0) is 14.1. The van der Waals surface area contributed by atoms with Crippen molar-refractivity contribution in [2.24, 2.45) is 17.6 Å². The quantitative estimate of drug-likeness (QED) is 0.616. The average Bonchev–Trinajstić information content (AvgIpc) is 3.02. The third kappa shape index (κ3) is 2.00. The second kappa shape index (κ2) is 5.10. The van der Waals surface area contributed by atoms with Crippen LogP contribution in [-0.2, 0) is 9.59 Å². The fourth-order valence-corrected chi connectivity index (χ4v) is 3.12. The SMILES string of the molecule is NCC#Cc1cccc(N2C(=O)C3CCCC3C2=O)c1. The molecule has 4 heteroatoms. The zero-order valence-corrected chi connectivity index (χ0v) is 11.1. The highest BCUT2D eigenvalue weighted by Crippen LogP contribution is 2.41. The monoisotopic (exact) mass is 268 g/mol. The van der Waals surface area contributed by atoms with Crippen LogP contribution in [0.4, 0.5) is 5.69 Å². The van der Waals surface area contributed by atoms with E-state index in [1.165, 1.54) is 4.90 Å². The van der Waals surface area contributed by atoms with Crippen molar-refractivity contribution >= 4 is 17.5 Å². The number of anilines is 1. The van der Waals surface area contributed by atoms with Gasteiger partial charge in [0.15, 0.2) is 0 Å². The minimum Gasteiger partial charge on any atom is -0.320 e. The molecule has 3 rings (SSSR count). The summed E-state index contributed by atoms with van der Waals surface area (Å²) in [7, 11) is 0. The molecule has 4 nitrogen and oxygen atoms in total. The number of nitrogens with two attached hydrogens (primary N) is 1. The van der Waals surface area contributed by atoms with Crippen molar-refractivity contribution in [1.29, 1.82) is 0 Å². The van der Waals surface area contributed by atoms with Crippen LogP contribution < -0.4 is 10.6 Å². The summed E-state index contributed by atoms with van der Waals surface area (Å²) in [6.07, 6.45) is 2.64. The van der Waals surface area contributed by atoms with Crippen LogP contribution in [0.25, 0.3) is 0 Å². The largest absolute Gasteiger partial charge is 0.320 e. The third-order valence-electron chi connectivity index (χ3n) is 4.03. The molecule has 0 spiro atoms. The van der Waals surface area contributed by atoms with Gasteiger partial charge in [-0.05, 0) is 31.0 Å². The number of carbonyl (C=O) groups is 2. The molecule has 1 aliphatic heterocycles. The molecule has 1 saturated heterocycles. The van der Waals surface area contributed by atoms with Gasteiger partial charge in [-0.1, -0.05) is 24.3 Å². The van der Waals surface area contributed by atoms with Gasteiger partial charge < -0.3 is 5.73 Å². The molecule has 2 fully saturated rings. The van der Waals surface area contributed by atoms with Crippen LogP contribution in [0.15, 0.2) is 24.3 Å². The maximum Gasteiger partial charge on any atom is 0.237 e.